The molecule has 2 rings (SSSR count). The van der Waals surface area contributed by atoms with Crippen molar-refractivity contribution >= 4 is 34.2 Å². The highest BCUT2D eigenvalue weighted by Crippen LogP contribution is 2.28. The van der Waals surface area contributed by atoms with Gasteiger partial charge in [0.05, 0.1) is 10.5 Å². The molecule has 0 aliphatic rings. The molecule has 0 aromatic heterocycles. The Morgan fingerprint density at radius 1 is 1.24 bits per heavy atom. The second-order valence-corrected chi connectivity index (χ2v) is 5.41. The van der Waals surface area contributed by atoms with Gasteiger partial charge in [-0.3, -0.25) is 10.1 Å². The number of aromatic carboxylic acids is 1. The molecule has 0 aliphatic carbocycles. The smallest absolute Gasteiger partial charge is 0.335 e. The number of nitrogens with zero attached hydrogens (tertiary/aromatic N) is 1. The summed E-state index contributed by atoms with van der Waals surface area (Å²) in [6.07, 6.45) is 0. The molecule has 7 heteroatoms. The first-order valence-corrected chi connectivity index (χ1v) is 6.94. The first-order valence-electron chi connectivity index (χ1n) is 5.86. The Bertz CT molecular complexity index is 684. The quantitative estimate of drug-likeness (QED) is 0.473. The molecule has 0 unspecified atom stereocenters. The second-order valence-electron chi connectivity index (χ2n) is 4.16. The predicted molar refractivity (Wildman–Crippen MR) is 83.5 cm³/mol. The minimum atomic E-state index is -1.22. The van der Waals surface area contributed by atoms with Crippen molar-refractivity contribution in [2.45, 2.75) is 6.61 Å². The lowest BCUT2D eigenvalue weighted by Crippen LogP contribution is -2.02. The number of carbonyl (C=O) groups is 1. The van der Waals surface area contributed by atoms with E-state index in [1.807, 2.05) is 24.3 Å². The van der Waals surface area contributed by atoms with Crippen LogP contribution in [-0.4, -0.2) is 16.0 Å². The molecule has 0 fully saturated rings. The maximum atomic E-state index is 11.0. The molecule has 108 valence electrons. The Morgan fingerprint density at radius 3 is 2.48 bits per heavy atom. The van der Waals surface area contributed by atoms with Crippen molar-refractivity contribution < 1.29 is 19.6 Å². The average Bonchev–Trinajstić information content (AvgIpc) is 2.46. The normalized spacial score (nSPS) is 10.1. The fourth-order valence-corrected chi connectivity index (χ4v) is 2.02. The third-order valence-corrected chi connectivity index (χ3v) is 3.43. The average molecular weight is 399 g/mol. The van der Waals surface area contributed by atoms with E-state index < -0.39 is 10.9 Å². The number of hydrogen-bond acceptors (Lipinski definition) is 4. The SMILES string of the molecule is O=C(O)c1ccc(OCc2ccc(I)cc2)c([N+](=O)[O-])c1. The van der Waals surface area contributed by atoms with Crippen molar-refractivity contribution in [2.75, 3.05) is 0 Å². The van der Waals surface area contributed by atoms with Crippen LogP contribution in [0.25, 0.3) is 0 Å². The van der Waals surface area contributed by atoms with Gasteiger partial charge in [-0.2, -0.15) is 0 Å². The van der Waals surface area contributed by atoms with E-state index in [0.29, 0.717) is 0 Å². The van der Waals surface area contributed by atoms with E-state index in [4.69, 9.17) is 9.84 Å². The molecule has 1 N–H and O–H groups in total. The molecule has 0 atom stereocenters. The van der Waals surface area contributed by atoms with E-state index >= 15 is 0 Å². The third-order valence-electron chi connectivity index (χ3n) is 2.71. The van der Waals surface area contributed by atoms with Crippen molar-refractivity contribution in [3.05, 3.63) is 67.3 Å². The largest absolute Gasteiger partial charge is 0.482 e. The highest BCUT2D eigenvalue weighted by molar-refractivity contribution is 14.1. The van der Waals surface area contributed by atoms with Gasteiger partial charge in [-0.05, 0) is 52.4 Å². The van der Waals surface area contributed by atoms with Crippen LogP contribution in [0.1, 0.15) is 15.9 Å². The Morgan fingerprint density at radius 2 is 1.90 bits per heavy atom. The van der Waals surface area contributed by atoms with Gasteiger partial charge in [0.15, 0.2) is 5.75 Å². The van der Waals surface area contributed by atoms with E-state index in [1.54, 1.807) is 0 Å². The molecular formula is C14H10INO5. The molecule has 0 spiro atoms. The van der Waals surface area contributed by atoms with Crippen LogP contribution in [0.5, 0.6) is 5.75 Å². The number of benzene rings is 2. The molecule has 0 amide bonds. The summed E-state index contributed by atoms with van der Waals surface area (Å²) in [6.45, 7) is 0.171. The van der Waals surface area contributed by atoms with Crippen molar-refractivity contribution in [1.82, 2.24) is 0 Å². The van der Waals surface area contributed by atoms with Crippen LogP contribution < -0.4 is 4.74 Å². The van der Waals surface area contributed by atoms with Crippen LogP contribution in [0.2, 0.25) is 0 Å². The standard InChI is InChI=1S/C14H10INO5/c15-11-4-1-9(2-5-11)8-21-13-6-3-10(14(17)18)7-12(13)16(19)20/h1-7H,8H2,(H,17,18). The number of nitro benzene ring substituents is 1. The minimum Gasteiger partial charge on any atom is -0.482 e. The summed E-state index contributed by atoms with van der Waals surface area (Å²) in [5, 5.41) is 19.8. The molecule has 21 heavy (non-hydrogen) atoms. The van der Waals surface area contributed by atoms with Gasteiger partial charge in [-0.15, -0.1) is 0 Å². The number of carboxylic acids is 1. The van der Waals surface area contributed by atoms with Crippen LogP contribution in [0.15, 0.2) is 42.5 Å². The molecule has 0 saturated carbocycles. The maximum absolute atomic E-state index is 11.0. The van der Waals surface area contributed by atoms with Crippen LogP contribution in [-0.2, 0) is 6.61 Å². The summed E-state index contributed by atoms with van der Waals surface area (Å²) in [4.78, 5) is 21.2. The number of nitro groups is 1. The zero-order valence-corrected chi connectivity index (χ0v) is 12.8. The van der Waals surface area contributed by atoms with Crippen LogP contribution in [0.3, 0.4) is 0 Å². The van der Waals surface area contributed by atoms with Gasteiger partial charge < -0.3 is 9.84 Å². The Balaban J connectivity index is 2.21. The van der Waals surface area contributed by atoms with E-state index in [9.17, 15) is 14.9 Å². The topological polar surface area (TPSA) is 89.7 Å². The summed E-state index contributed by atoms with van der Waals surface area (Å²) in [7, 11) is 0. The lowest BCUT2D eigenvalue weighted by Gasteiger charge is -2.07. The fraction of sp³-hybridized carbons (Fsp3) is 0.0714. The molecule has 2 aromatic carbocycles. The number of rotatable bonds is 5. The number of carboxylic acid groups (broad SMARTS) is 1. The predicted octanol–water partition coefficient (Wildman–Crippen LogP) is 3.48. The van der Waals surface area contributed by atoms with Crippen LogP contribution in [0, 0.1) is 13.7 Å². The fourth-order valence-electron chi connectivity index (χ4n) is 1.66. The molecule has 0 aliphatic heterocycles. The van der Waals surface area contributed by atoms with Crippen LogP contribution >= 0.6 is 22.6 Å². The molecule has 0 saturated heterocycles. The van der Waals surface area contributed by atoms with E-state index in [1.165, 1.54) is 12.1 Å². The molecule has 0 heterocycles. The van der Waals surface area contributed by atoms with Crippen molar-refractivity contribution in [2.24, 2.45) is 0 Å². The van der Waals surface area contributed by atoms with Gasteiger partial charge >= 0.3 is 11.7 Å². The van der Waals surface area contributed by atoms with Gasteiger partial charge in [0.1, 0.15) is 6.61 Å². The lowest BCUT2D eigenvalue weighted by molar-refractivity contribution is -0.386. The first-order chi connectivity index (χ1) is 9.97. The van der Waals surface area contributed by atoms with Gasteiger partial charge in [0.2, 0.25) is 0 Å². The zero-order chi connectivity index (χ0) is 15.4. The zero-order valence-electron chi connectivity index (χ0n) is 10.7. The monoisotopic (exact) mass is 399 g/mol. The molecule has 2 aromatic rings. The van der Waals surface area contributed by atoms with Gasteiger partial charge in [-0.25, -0.2) is 4.79 Å². The lowest BCUT2D eigenvalue weighted by atomic mass is 10.2. The Labute approximate surface area is 133 Å². The highest BCUT2D eigenvalue weighted by atomic mass is 127. The highest BCUT2D eigenvalue weighted by Gasteiger charge is 2.18. The molecule has 0 bridgehead atoms. The second kappa shape index (κ2) is 6.53. The first kappa shape index (κ1) is 15.2. The van der Waals surface area contributed by atoms with Gasteiger partial charge in [-0.1, -0.05) is 12.1 Å². The molecular weight excluding hydrogens is 389 g/mol. The molecule has 0 radical (unpaired) electrons. The van der Waals surface area contributed by atoms with Crippen molar-refractivity contribution in [3.63, 3.8) is 0 Å². The summed E-state index contributed by atoms with van der Waals surface area (Å²) in [5.41, 5.74) is 0.357. The maximum Gasteiger partial charge on any atom is 0.335 e. The summed E-state index contributed by atoms with van der Waals surface area (Å²) in [6, 6.07) is 11.1. The number of halogens is 1. The van der Waals surface area contributed by atoms with E-state index in [0.717, 1.165) is 15.2 Å². The van der Waals surface area contributed by atoms with Crippen molar-refractivity contribution in [1.29, 1.82) is 0 Å². The van der Waals surface area contributed by atoms with Crippen molar-refractivity contribution in [3.8, 4) is 5.75 Å². The summed E-state index contributed by atoms with van der Waals surface area (Å²) in [5.74, 6) is -1.18. The summed E-state index contributed by atoms with van der Waals surface area (Å²) >= 11 is 2.17. The number of ether oxygens (including phenoxy) is 1. The minimum absolute atomic E-state index is 0.0450. The Kier molecular flexibility index (Phi) is 4.73. The van der Waals surface area contributed by atoms with Gasteiger partial charge in [0.25, 0.3) is 0 Å². The van der Waals surface area contributed by atoms with E-state index in [2.05, 4.69) is 22.6 Å². The van der Waals surface area contributed by atoms with E-state index in [-0.39, 0.29) is 23.6 Å². The van der Waals surface area contributed by atoms with Crippen LogP contribution in [0.4, 0.5) is 5.69 Å². The summed E-state index contributed by atoms with van der Waals surface area (Å²) < 4.78 is 6.50. The molecule has 6 nitrogen and oxygen atoms in total. The van der Waals surface area contributed by atoms with Gasteiger partial charge in [0, 0.05) is 9.64 Å². The number of hydrogen-bond donors (Lipinski definition) is 1. The third kappa shape index (κ3) is 3.91. The Hall–Kier alpha value is -2.16.